The second-order valence-electron chi connectivity index (χ2n) is 6.11. The van der Waals surface area contributed by atoms with Crippen LogP contribution in [0.5, 0.6) is 0 Å². The third-order valence-electron chi connectivity index (χ3n) is 4.71. The number of hydrogen-bond acceptors (Lipinski definition) is 2. The third-order valence-corrected chi connectivity index (χ3v) is 4.71. The summed E-state index contributed by atoms with van der Waals surface area (Å²) < 4.78 is 7.96. The van der Waals surface area contributed by atoms with Gasteiger partial charge >= 0.3 is 0 Å². The number of aryl methyl sites for hydroxylation is 1. The molecule has 1 aliphatic carbocycles. The molecule has 0 saturated heterocycles. The van der Waals surface area contributed by atoms with Gasteiger partial charge in [-0.3, -0.25) is 4.79 Å². The fourth-order valence-electron chi connectivity index (χ4n) is 3.60. The highest BCUT2D eigenvalue weighted by molar-refractivity contribution is 5.99. The van der Waals surface area contributed by atoms with Crippen molar-refractivity contribution in [3.8, 4) is 11.3 Å². The largest absolute Gasteiger partial charge is 0.461 e. The molecule has 3 aromatic rings. The van der Waals surface area contributed by atoms with Crippen molar-refractivity contribution in [2.45, 2.75) is 33.7 Å². The normalized spacial score (nSPS) is 13.4. The van der Waals surface area contributed by atoms with Crippen molar-refractivity contribution >= 4 is 16.3 Å². The smallest absolute Gasteiger partial charge is 0.258 e. The minimum atomic E-state index is 0.0830. The fraction of sp³-hybridized carbons (Fsp3) is 0.250. The second-order valence-corrected chi connectivity index (χ2v) is 6.11. The highest BCUT2D eigenvalue weighted by Gasteiger charge is 2.24. The molecule has 2 heterocycles. The zero-order chi connectivity index (χ0) is 16.1. The Hall–Kier alpha value is -2.55. The van der Waals surface area contributed by atoms with E-state index >= 15 is 0 Å². The molecule has 1 aromatic carbocycles. The number of rotatable bonds is 1. The molecule has 23 heavy (non-hydrogen) atoms. The summed E-state index contributed by atoms with van der Waals surface area (Å²) in [6.07, 6.45) is 2.94. The average Bonchev–Trinajstić information content (AvgIpc) is 2.88. The zero-order valence-corrected chi connectivity index (χ0v) is 13.6. The Morgan fingerprint density at radius 3 is 2.65 bits per heavy atom. The molecule has 0 aliphatic heterocycles. The molecule has 0 radical (unpaired) electrons. The standard InChI is InChI=1S/C20H19NO2/c1-4-21-17-10-9-12(2)16-11-13(3)23-19(16)18(17)14-7-5-6-8-15(14)20(21)22/h5-9,11H,4,10H2,1-3H3. The Labute approximate surface area is 134 Å². The molecule has 0 amide bonds. The quantitative estimate of drug-likeness (QED) is 0.661. The SMILES string of the molecule is CCn1c2c(c3ccccc3c1=O)-c1oc(C)cc1C(C)=CC2. The predicted octanol–water partition coefficient (Wildman–Crippen LogP) is 4.55. The minimum absolute atomic E-state index is 0.0830. The Morgan fingerprint density at radius 1 is 1.17 bits per heavy atom. The van der Waals surface area contributed by atoms with Crippen LogP contribution >= 0.6 is 0 Å². The molecule has 116 valence electrons. The van der Waals surface area contributed by atoms with Crippen LogP contribution in [0.3, 0.4) is 0 Å². The molecular formula is C20H19NO2. The van der Waals surface area contributed by atoms with E-state index in [-0.39, 0.29) is 5.56 Å². The van der Waals surface area contributed by atoms with Crippen molar-refractivity contribution in [3.05, 3.63) is 63.8 Å². The van der Waals surface area contributed by atoms with Gasteiger partial charge in [-0.25, -0.2) is 0 Å². The van der Waals surface area contributed by atoms with Gasteiger partial charge < -0.3 is 8.98 Å². The van der Waals surface area contributed by atoms with Crippen LogP contribution in [-0.4, -0.2) is 4.57 Å². The maximum absolute atomic E-state index is 12.9. The van der Waals surface area contributed by atoms with Crippen molar-refractivity contribution in [2.24, 2.45) is 0 Å². The van der Waals surface area contributed by atoms with E-state index in [1.54, 1.807) is 0 Å². The predicted molar refractivity (Wildman–Crippen MR) is 93.7 cm³/mol. The molecule has 2 aromatic heterocycles. The Bertz CT molecular complexity index is 1020. The topological polar surface area (TPSA) is 35.1 Å². The summed E-state index contributed by atoms with van der Waals surface area (Å²) in [5.41, 5.74) is 4.53. The summed E-state index contributed by atoms with van der Waals surface area (Å²) in [6, 6.07) is 9.93. The van der Waals surface area contributed by atoms with Crippen LogP contribution in [0.1, 0.15) is 30.9 Å². The minimum Gasteiger partial charge on any atom is -0.461 e. The lowest BCUT2D eigenvalue weighted by atomic mass is 9.99. The van der Waals surface area contributed by atoms with Gasteiger partial charge in [0.2, 0.25) is 0 Å². The summed E-state index contributed by atoms with van der Waals surface area (Å²) in [5, 5.41) is 1.74. The summed E-state index contributed by atoms with van der Waals surface area (Å²) in [7, 11) is 0. The van der Waals surface area contributed by atoms with E-state index in [1.807, 2.05) is 42.7 Å². The molecule has 4 rings (SSSR count). The molecule has 0 fully saturated rings. The number of allylic oxidation sites excluding steroid dienone is 2. The number of hydrogen-bond donors (Lipinski definition) is 0. The Balaban J connectivity index is 2.25. The first-order valence-corrected chi connectivity index (χ1v) is 8.04. The number of furan rings is 1. The van der Waals surface area contributed by atoms with Crippen LogP contribution in [0.15, 0.2) is 45.6 Å². The number of benzene rings is 1. The third kappa shape index (κ3) is 1.93. The summed E-state index contributed by atoms with van der Waals surface area (Å²) in [6.45, 7) is 6.76. The zero-order valence-electron chi connectivity index (χ0n) is 13.6. The van der Waals surface area contributed by atoms with Gasteiger partial charge in [0.1, 0.15) is 11.5 Å². The van der Waals surface area contributed by atoms with Crippen LogP contribution < -0.4 is 5.56 Å². The average molecular weight is 305 g/mol. The van der Waals surface area contributed by atoms with Gasteiger partial charge in [0.05, 0.1) is 0 Å². The molecule has 0 bridgehead atoms. The highest BCUT2D eigenvalue weighted by Crippen LogP contribution is 2.40. The van der Waals surface area contributed by atoms with Gasteiger partial charge in [0.15, 0.2) is 0 Å². The van der Waals surface area contributed by atoms with Crippen molar-refractivity contribution in [2.75, 3.05) is 0 Å². The second kappa shape index (κ2) is 4.98. The van der Waals surface area contributed by atoms with Crippen LogP contribution in [0, 0.1) is 6.92 Å². The molecule has 0 unspecified atom stereocenters. The van der Waals surface area contributed by atoms with E-state index in [0.29, 0.717) is 6.54 Å². The fourth-order valence-corrected chi connectivity index (χ4v) is 3.60. The first-order chi connectivity index (χ1) is 11.1. The van der Waals surface area contributed by atoms with Crippen LogP contribution in [0.2, 0.25) is 0 Å². The maximum Gasteiger partial charge on any atom is 0.258 e. The van der Waals surface area contributed by atoms with E-state index in [2.05, 4.69) is 19.1 Å². The van der Waals surface area contributed by atoms with Gasteiger partial charge in [0.25, 0.3) is 5.56 Å². The Morgan fingerprint density at radius 2 is 1.91 bits per heavy atom. The van der Waals surface area contributed by atoms with E-state index < -0.39 is 0 Å². The summed E-state index contributed by atoms with van der Waals surface area (Å²) >= 11 is 0. The number of nitrogens with zero attached hydrogens (tertiary/aromatic N) is 1. The molecule has 1 aliphatic rings. The molecule has 0 N–H and O–H groups in total. The van der Waals surface area contributed by atoms with Gasteiger partial charge in [-0.15, -0.1) is 0 Å². The van der Waals surface area contributed by atoms with E-state index in [0.717, 1.165) is 45.5 Å². The van der Waals surface area contributed by atoms with E-state index in [1.165, 1.54) is 5.57 Å². The van der Waals surface area contributed by atoms with Gasteiger partial charge in [0, 0.05) is 35.2 Å². The summed E-state index contributed by atoms with van der Waals surface area (Å²) in [4.78, 5) is 12.9. The Kier molecular flexibility index (Phi) is 3.05. The lowest BCUT2D eigenvalue weighted by Gasteiger charge is -2.16. The number of pyridine rings is 1. The molecule has 0 spiro atoms. The van der Waals surface area contributed by atoms with Gasteiger partial charge in [-0.2, -0.15) is 0 Å². The summed E-state index contributed by atoms with van der Waals surface area (Å²) in [5.74, 6) is 1.79. The van der Waals surface area contributed by atoms with Crippen LogP contribution in [-0.2, 0) is 13.0 Å². The molecule has 3 heteroatoms. The van der Waals surface area contributed by atoms with E-state index in [4.69, 9.17) is 4.42 Å². The lowest BCUT2D eigenvalue weighted by Crippen LogP contribution is -2.23. The number of fused-ring (bicyclic) bond motifs is 5. The van der Waals surface area contributed by atoms with Crippen molar-refractivity contribution in [1.82, 2.24) is 4.57 Å². The monoisotopic (exact) mass is 305 g/mol. The molecule has 0 saturated carbocycles. The molecule has 3 nitrogen and oxygen atoms in total. The maximum atomic E-state index is 12.9. The van der Waals surface area contributed by atoms with Crippen molar-refractivity contribution < 1.29 is 4.42 Å². The van der Waals surface area contributed by atoms with Crippen LogP contribution in [0.4, 0.5) is 0 Å². The molecule has 0 atom stereocenters. The molecular weight excluding hydrogens is 286 g/mol. The first-order valence-electron chi connectivity index (χ1n) is 8.04. The van der Waals surface area contributed by atoms with Crippen LogP contribution in [0.25, 0.3) is 27.7 Å². The van der Waals surface area contributed by atoms with Gasteiger partial charge in [-0.05, 0) is 43.9 Å². The lowest BCUT2D eigenvalue weighted by molar-refractivity contribution is 0.546. The van der Waals surface area contributed by atoms with E-state index in [9.17, 15) is 4.79 Å². The van der Waals surface area contributed by atoms with Crippen molar-refractivity contribution in [1.29, 1.82) is 0 Å². The number of aromatic nitrogens is 1. The van der Waals surface area contributed by atoms with Gasteiger partial charge in [-0.1, -0.05) is 24.3 Å². The highest BCUT2D eigenvalue weighted by atomic mass is 16.3. The first kappa shape index (κ1) is 14.1. The van der Waals surface area contributed by atoms with Crippen molar-refractivity contribution in [3.63, 3.8) is 0 Å².